The highest BCUT2D eigenvalue weighted by atomic mass is 35.5. The van der Waals surface area contributed by atoms with E-state index in [0.29, 0.717) is 49.7 Å². The Labute approximate surface area is 234 Å². The molecule has 0 spiro atoms. The summed E-state index contributed by atoms with van der Waals surface area (Å²) in [6, 6.07) is 22.6. The molecule has 0 radical (unpaired) electrons. The summed E-state index contributed by atoms with van der Waals surface area (Å²) < 4.78 is 10.5. The highest BCUT2D eigenvalue weighted by Crippen LogP contribution is 2.20. The van der Waals surface area contributed by atoms with Crippen LogP contribution in [0.25, 0.3) is 10.9 Å². The number of hydrogen-bond donors (Lipinski definition) is 1. The first kappa shape index (κ1) is 28.2. The second kappa shape index (κ2) is 13.8. The van der Waals surface area contributed by atoms with Gasteiger partial charge >= 0.3 is 0 Å². The number of aromatic nitrogens is 1. The Hall–Kier alpha value is -3.81. The molecule has 204 valence electrons. The number of H-pyrrole nitrogens is 1. The van der Waals surface area contributed by atoms with E-state index in [0.717, 1.165) is 27.8 Å². The van der Waals surface area contributed by atoms with Crippen molar-refractivity contribution in [2.45, 2.75) is 19.4 Å². The van der Waals surface area contributed by atoms with Gasteiger partial charge in [0.25, 0.3) is 5.91 Å². The van der Waals surface area contributed by atoms with Gasteiger partial charge in [0.1, 0.15) is 12.3 Å². The number of nitrogens with one attached hydrogen (secondary N) is 1. The first-order chi connectivity index (χ1) is 19.0. The summed E-state index contributed by atoms with van der Waals surface area (Å²) in [5, 5.41) is 1.62. The van der Waals surface area contributed by atoms with Crippen LogP contribution >= 0.6 is 11.6 Å². The van der Waals surface area contributed by atoms with Crippen LogP contribution in [0.4, 0.5) is 0 Å². The normalized spacial score (nSPS) is 10.9. The van der Waals surface area contributed by atoms with Gasteiger partial charge in [0.05, 0.1) is 7.11 Å². The number of fused-ring (bicyclic) bond motifs is 1. The molecule has 4 rings (SSSR count). The average Bonchev–Trinajstić information content (AvgIpc) is 3.37. The molecule has 0 saturated carbocycles. The van der Waals surface area contributed by atoms with Crippen LogP contribution in [0.5, 0.6) is 5.75 Å². The lowest BCUT2D eigenvalue weighted by molar-refractivity contribution is -0.132. The lowest BCUT2D eigenvalue weighted by atomic mass is 10.1. The maximum absolute atomic E-state index is 13.8. The summed E-state index contributed by atoms with van der Waals surface area (Å²) in [4.78, 5) is 33.9. The van der Waals surface area contributed by atoms with Gasteiger partial charge in [-0.3, -0.25) is 9.59 Å². The smallest absolute Gasteiger partial charge is 0.254 e. The number of benzene rings is 3. The Balaban J connectivity index is 1.54. The Bertz CT molecular complexity index is 1390. The Morgan fingerprint density at radius 2 is 1.72 bits per heavy atom. The molecule has 0 unspecified atom stereocenters. The van der Waals surface area contributed by atoms with Crippen LogP contribution in [0.1, 0.15) is 27.9 Å². The van der Waals surface area contributed by atoms with Gasteiger partial charge in [-0.05, 0) is 60.4 Å². The maximum atomic E-state index is 13.8. The zero-order valence-electron chi connectivity index (χ0n) is 22.4. The van der Waals surface area contributed by atoms with Crippen molar-refractivity contribution < 1.29 is 19.1 Å². The highest BCUT2D eigenvalue weighted by Gasteiger charge is 2.23. The van der Waals surface area contributed by atoms with E-state index in [2.05, 4.69) is 11.1 Å². The minimum absolute atomic E-state index is 0.0426. The predicted molar refractivity (Wildman–Crippen MR) is 154 cm³/mol. The SMILES string of the molecule is COCCCN(CC(=O)N(CCc1c[nH]c2ccccc12)Cc1ccc(OC)cc1)C(=O)c1cccc(Cl)c1. The number of amides is 2. The zero-order chi connectivity index (χ0) is 27.6. The number of carbonyl (C=O) groups excluding carboxylic acids is 2. The number of hydrogen-bond acceptors (Lipinski definition) is 4. The Morgan fingerprint density at radius 3 is 2.46 bits per heavy atom. The Morgan fingerprint density at radius 1 is 0.923 bits per heavy atom. The molecular weight excluding hydrogens is 514 g/mol. The molecule has 7 nitrogen and oxygen atoms in total. The standard InChI is InChI=1S/C31H34ClN3O4/c1-38-18-6-16-35(31(37)24-7-5-8-26(32)19-24)22-30(36)34(21-23-11-13-27(39-2)14-12-23)17-15-25-20-33-29-10-4-3-9-28(25)29/h3-5,7-14,19-20,33H,6,15-18,21-22H2,1-2H3. The van der Waals surface area contributed by atoms with Crippen LogP contribution in [-0.2, 0) is 22.5 Å². The fourth-order valence-electron chi connectivity index (χ4n) is 4.56. The average molecular weight is 548 g/mol. The third kappa shape index (κ3) is 7.62. The molecule has 0 bridgehead atoms. The van der Waals surface area contributed by atoms with Gasteiger partial charge in [-0.1, -0.05) is 48.0 Å². The quantitative estimate of drug-likeness (QED) is 0.222. The number of nitrogens with zero attached hydrogens (tertiary/aromatic N) is 2. The summed E-state index contributed by atoms with van der Waals surface area (Å²) in [7, 11) is 3.25. The lowest BCUT2D eigenvalue weighted by Gasteiger charge is -2.28. The van der Waals surface area contributed by atoms with Gasteiger partial charge < -0.3 is 24.3 Å². The molecule has 1 heterocycles. The van der Waals surface area contributed by atoms with E-state index in [1.54, 1.807) is 43.4 Å². The fraction of sp³-hybridized carbons (Fsp3) is 0.290. The molecule has 39 heavy (non-hydrogen) atoms. The largest absolute Gasteiger partial charge is 0.497 e. The molecule has 0 saturated heterocycles. The lowest BCUT2D eigenvalue weighted by Crippen LogP contribution is -2.44. The van der Waals surface area contributed by atoms with Gasteiger partial charge in [0.15, 0.2) is 0 Å². The van der Waals surface area contributed by atoms with Crippen molar-refractivity contribution >= 4 is 34.3 Å². The zero-order valence-corrected chi connectivity index (χ0v) is 23.1. The molecule has 0 aliphatic rings. The van der Waals surface area contributed by atoms with E-state index in [1.165, 1.54) is 0 Å². The summed E-state index contributed by atoms with van der Waals surface area (Å²) in [5.41, 5.74) is 3.64. The summed E-state index contributed by atoms with van der Waals surface area (Å²) in [5.74, 6) is 0.397. The second-order valence-corrected chi connectivity index (χ2v) is 9.79. The van der Waals surface area contributed by atoms with Crippen molar-refractivity contribution in [1.29, 1.82) is 0 Å². The molecule has 3 aromatic carbocycles. The Kier molecular flexibility index (Phi) is 10.00. The summed E-state index contributed by atoms with van der Waals surface area (Å²) >= 11 is 6.14. The van der Waals surface area contributed by atoms with Crippen molar-refractivity contribution in [3.05, 3.63) is 101 Å². The molecule has 0 aliphatic heterocycles. The number of ether oxygens (including phenoxy) is 2. The molecule has 4 aromatic rings. The molecule has 8 heteroatoms. The van der Waals surface area contributed by atoms with E-state index in [1.807, 2.05) is 53.6 Å². The van der Waals surface area contributed by atoms with Crippen LogP contribution in [0, 0.1) is 0 Å². The minimum Gasteiger partial charge on any atom is -0.497 e. The van der Waals surface area contributed by atoms with Gasteiger partial charge in [-0.2, -0.15) is 0 Å². The topological polar surface area (TPSA) is 74.9 Å². The number of methoxy groups -OCH3 is 2. The first-order valence-electron chi connectivity index (χ1n) is 13.0. The summed E-state index contributed by atoms with van der Waals surface area (Å²) in [6.07, 6.45) is 3.29. The molecule has 1 N–H and O–H groups in total. The van der Waals surface area contributed by atoms with Crippen LogP contribution in [-0.4, -0.2) is 67.1 Å². The maximum Gasteiger partial charge on any atom is 0.254 e. The number of rotatable bonds is 13. The monoisotopic (exact) mass is 547 g/mol. The van der Waals surface area contributed by atoms with Crippen molar-refractivity contribution in [1.82, 2.24) is 14.8 Å². The number of carbonyl (C=O) groups is 2. The van der Waals surface area contributed by atoms with Crippen LogP contribution in [0.3, 0.4) is 0 Å². The van der Waals surface area contributed by atoms with Crippen molar-refractivity contribution in [3.8, 4) is 5.75 Å². The van der Waals surface area contributed by atoms with Gasteiger partial charge in [0, 0.05) is 61.0 Å². The molecule has 2 amide bonds. The van der Waals surface area contributed by atoms with E-state index in [4.69, 9.17) is 21.1 Å². The minimum atomic E-state index is -0.233. The predicted octanol–water partition coefficient (Wildman–Crippen LogP) is 5.58. The van der Waals surface area contributed by atoms with Gasteiger partial charge in [-0.25, -0.2) is 0 Å². The van der Waals surface area contributed by atoms with Gasteiger partial charge in [-0.15, -0.1) is 0 Å². The van der Waals surface area contributed by atoms with Crippen LogP contribution in [0.2, 0.25) is 5.02 Å². The molecule has 1 aromatic heterocycles. The molecule has 0 fully saturated rings. The summed E-state index contributed by atoms with van der Waals surface area (Å²) in [6.45, 7) is 1.76. The van der Waals surface area contributed by atoms with Gasteiger partial charge in [0.2, 0.25) is 5.91 Å². The van der Waals surface area contributed by atoms with Crippen LogP contribution < -0.4 is 4.74 Å². The number of halogens is 1. The van der Waals surface area contributed by atoms with Crippen molar-refractivity contribution in [2.24, 2.45) is 0 Å². The van der Waals surface area contributed by atoms with Crippen molar-refractivity contribution in [2.75, 3.05) is 40.5 Å². The van der Waals surface area contributed by atoms with E-state index < -0.39 is 0 Å². The van der Waals surface area contributed by atoms with E-state index >= 15 is 0 Å². The number of aromatic amines is 1. The van der Waals surface area contributed by atoms with E-state index in [9.17, 15) is 9.59 Å². The first-order valence-corrected chi connectivity index (χ1v) is 13.4. The van der Waals surface area contributed by atoms with Crippen LogP contribution in [0.15, 0.2) is 79.0 Å². The molecule has 0 aliphatic carbocycles. The molecular formula is C31H34ClN3O4. The van der Waals surface area contributed by atoms with Crippen molar-refractivity contribution in [3.63, 3.8) is 0 Å². The number of para-hydroxylation sites is 1. The third-order valence-corrected chi connectivity index (χ3v) is 6.91. The molecule has 0 atom stereocenters. The fourth-order valence-corrected chi connectivity index (χ4v) is 4.75. The highest BCUT2D eigenvalue weighted by molar-refractivity contribution is 6.31. The third-order valence-electron chi connectivity index (χ3n) is 6.67. The van der Waals surface area contributed by atoms with E-state index in [-0.39, 0.29) is 18.4 Å². The second-order valence-electron chi connectivity index (χ2n) is 9.36.